The lowest BCUT2D eigenvalue weighted by atomic mass is 10.1. The summed E-state index contributed by atoms with van der Waals surface area (Å²) in [6.07, 6.45) is 4.15. The lowest BCUT2D eigenvalue weighted by molar-refractivity contribution is -0.140. The van der Waals surface area contributed by atoms with E-state index < -0.39 is 0 Å². The molecule has 0 radical (unpaired) electrons. The van der Waals surface area contributed by atoms with Gasteiger partial charge in [0, 0.05) is 58.7 Å². The molecular formula is C22H43N5O2. The van der Waals surface area contributed by atoms with Crippen molar-refractivity contribution >= 4 is 17.8 Å². The average molecular weight is 410 g/mol. The summed E-state index contributed by atoms with van der Waals surface area (Å²) in [5, 5.41) is 6.62. The summed E-state index contributed by atoms with van der Waals surface area (Å²) in [4.78, 5) is 32.9. The Labute approximate surface area is 177 Å². The Morgan fingerprint density at radius 1 is 0.862 bits per heavy atom. The molecule has 1 saturated heterocycles. The number of nitrogens with zero attached hydrogens (tertiary/aromatic N) is 3. The van der Waals surface area contributed by atoms with E-state index in [-0.39, 0.29) is 11.8 Å². The SMILES string of the molecule is CCNC(=NCC(C)C)NCCCCCC(=O)N1CCN(C(=O)CC(C)C)CC1. The van der Waals surface area contributed by atoms with Gasteiger partial charge < -0.3 is 20.4 Å². The second-order valence-corrected chi connectivity index (χ2v) is 8.71. The quantitative estimate of drug-likeness (QED) is 0.312. The monoisotopic (exact) mass is 409 g/mol. The van der Waals surface area contributed by atoms with Gasteiger partial charge in [0.2, 0.25) is 11.8 Å². The van der Waals surface area contributed by atoms with Gasteiger partial charge in [0.15, 0.2) is 5.96 Å². The smallest absolute Gasteiger partial charge is 0.222 e. The summed E-state index contributed by atoms with van der Waals surface area (Å²) in [7, 11) is 0. The molecule has 2 amide bonds. The highest BCUT2D eigenvalue weighted by atomic mass is 16.2. The number of piperazine rings is 1. The molecule has 29 heavy (non-hydrogen) atoms. The van der Waals surface area contributed by atoms with Crippen LogP contribution in [-0.2, 0) is 9.59 Å². The first kappa shape index (κ1) is 25.2. The number of carbonyl (C=O) groups excluding carboxylic acids is 2. The van der Waals surface area contributed by atoms with Crippen LogP contribution in [0.3, 0.4) is 0 Å². The minimum absolute atomic E-state index is 0.216. The van der Waals surface area contributed by atoms with Crippen LogP contribution in [0.25, 0.3) is 0 Å². The maximum absolute atomic E-state index is 12.4. The Morgan fingerprint density at radius 3 is 2.03 bits per heavy atom. The molecule has 0 aliphatic carbocycles. The van der Waals surface area contributed by atoms with Crippen LogP contribution < -0.4 is 10.6 Å². The third-order valence-corrected chi connectivity index (χ3v) is 4.89. The first-order valence-corrected chi connectivity index (χ1v) is 11.4. The summed E-state index contributed by atoms with van der Waals surface area (Å²) < 4.78 is 0. The molecule has 0 unspecified atom stereocenters. The van der Waals surface area contributed by atoms with Crippen LogP contribution in [-0.4, -0.2) is 73.4 Å². The number of aliphatic imine (C=N–C) groups is 1. The van der Waals surface area contributed by atoms with Gasteiger partial charge in [-0.25, -0.2) is 0 Å². The molecule has 168 valence electrons. The van der Waals surface area contributed by atoms with Crippen LogP contribution in [0.2, 0.25) is 0 Å². The van der Waals surface area contributed by atoms with Crippen LogP contribution in [0.1, 0.15) is 66.7 Å². The van der Waals surface area contributed by atoms with Gasteiger partial charge in [0.05, 0.1) is 0 Å². The van der Waals surface area contributed by atoms with Crippen molar-refractivity contribution in [1.82, 2.24) is 20.4 Å². The van der Waals surface area contributed by atoms with Gasteiger partial charge in [-0.2, -0.15) is 0 Å². The Bertz CT molecular complexity index is 511. The predicted octanol–water partition coefficient (Wildman–Crippen LogP) is 2.47. The molecule has 0 saturated carbocycles. The molecule has 1 fully saturated rings. The zero-order chi connectivity index (χ0) is 21.6. The molecule has 1 rings (SSSR count). The molecule has 1 aliphatic rings. The summed E-state index contributed by atoms with van der Waals surface area (Å²) in [6, 6.07) is 0. The highest BCUT2D eigenvalue weighted by Gasteiger charge is 2.23. The first-order chi connectivity index (χ1) is 13.8. The number of carbonyl (C=O) groups is 2. The van der Waals surface area contributed by atoms with Gasteiger partial charge in [0.25, 0.3) is 0 Å². The predicted molar refractivity (Wildman–Crippen MR) is 120 cm³/mol. The first-order valence-electron chi connectivity index (χ1n) is 11.4. The number of amides is 2. The van der Waals surface area contributed by atoms with E-state index in [2.05, 4.69) is 50.2 Å². The van der Waals surface area contributed by atoms with Gasteiger partial charge in [-0.3, -0.25) is 14.6 Å². The number of hydrogen-bond donors (Lipinski definition) is 2. The van der Waals surface area contributed by atoms with E-state index >= 15 is 0 Å². The van der Waals surface area contributed by atoms with Gasteiger partial charge in [-0.1, -0.05) is 34.1 Å². The molecule has 0 aromatic heterocycles. The molecule has 1 aliphatic heterocycles. The van der Waals surface area contributed by atoms with E-state index in [4.69, 9.17) is 0 Å². The van der Waals surface area contributed by atoms with E-state index in [9.17, 15) is 9.59 Å². The molecule has 0 spiro atoms. The molecule has 7 heteroatoms. The van der Waals surface area contributed by atoms with E-state index in [1.807, 2.05) is 9.80 Å². The third-order valence-electron chi connectivity index (χ3n) is 4.89. The number of guanidine groups is 1. The molecule has 1 heterocycles. The minimum Gasteiger partial charge on any atom is -0.357 e. The Kier molecular flexibility index (Phi) is 12.4. The van der Waals surface area contributed by atoms with E-state index in [0.717, 1.165) is 44.9 Å². The van der Waals surface area contributed by atoms with Gasteiger partial charge in [0.1, 0.15) is 0 Å². The Morgan fingerprint density at radius 2 is 1.48 bits per heavy atom. The van der Waals surface area contributed by atoms with E-state index in [0.29, 0.717) is 50.9 Å². The van der Waals surface area contributed by atoms with Gasteiger partial charge in [-0.05, 0) is 31.6 Å². The molecule has 0 aromatic carbocycles. The summed E-state index contributed by atoms with van der Waals surface area (Å²) in [5.74, 6) is 2.25. The summed E-state index contributed by atoms with van der Waals surface area (Å²) in [6.45, 7) is 15.7. The highest BCUT2D eigenvalue weighted by molar-refractivity contribution is 5.79. The normalized spacial score (nSPS) is 15.2. The van der Waals surface area contributed by atoms with Crippen molar-refractivity contribution in [3.63, 3.8) is 0 Å². The van der Waals surface area contributed by atoms with Crippen molar-refractivity contribution in [2.45, 2.75) is 66.7 Å². The lowest BCUT2D eigenvalue weighted by Gasteiger charge is -2.35. The number of hydrogen-bond acceptors (Lipinski definition) is 3. The zero-order valence-electron chi connectivity index (χ0n) is 19.3. The fourth-order valence-electron chi connectivity index (χ4n) is 3.24. The van der Waals surface area contributed by atoms with Crippen LogP contribution in [0.5, 0.6) is 0 Å². The average Bonchev–Trinajstić information content (AvgIpc) is 2.67. The second-order valence-electron chi connectivity index (χ2n) is 8.71. The van der Waals surface area contributed by atoms with Gasteiger partial charge in [-0.15, -0.1) is 0 Å². The van der Waals surface area contributed by atoms with Crippen molar-refractivity contribution in [2.75, 3.05) is 45.8 Å². The zero-order valence-corrected chi connectivity index (χ0v) is 19.3. The molecule has 0 aromatic rings. The van der Waals surface area contributed by atoms with E-state index in [1.165, 1.54) is 0 Å². The van der Waals surface area contributed by atoms with Crippen LogP contribution in [0, 0.1) is 11.8 Å². The largest absolute Gasteiger partial charge is 0.357 e. The summed E-state index contributed by atoms with van der Waals surface area (Å²) in [5.41, 5.74) is 0. The number of nitrogens with one attached hydrogen (secondary N) is 2. The lowest BCUT2D eigenvalue weighted by Crippen LogP contribution is -2.50. The standard InChI is InChI=1S/C22H43N5O2/c1-6-23-22(25-17-19(4)5)24-11-9-7-8-10-20(28)26-12-14-27(15-13-26)21(29)16-18(2)3/h18-19H,6-17H2,1-5H3,(H2,23,24,25). The van der Waals surface area contributed by atoms with Crippen LogP contribution in [0.15, 0.2) is 4.99 Å². The van der Waals surface area contributed by atoms with Crippen molar-refractivity contribution in [3.8, 4) is 0 Å². The second kappa shape index (κ2) is 14.2. The molecular weight excluding hydrogens is 366 g/mol. The van der Waals surface area contributed by atoms with Crippen molar-refractivity contribution in [1.29, 1.82) is 0 Å². The maximum Gasteiger partial charge on any atom is 0.222 e. The van der Waals surface area contributed by atoms with Crippen molar-refractivity contribution < 1.29 is 9.59 Å². The van der Waals surface area contributed by atoms with Crippen molar-refractivity contribution in [2.24, 2.45) is 16.8 Å². The Hall–Kier alpha value is -1.79. The molecule has 0 atom stereocenters. The van der Waals surface area contributed by atoms with E-state index in [1.54, 1.807) is 0 Å². The fourth-order valence-corrected chi connectivity index (χ4v) is 3.24. The minimum atomic E-state index is 0.216. The van der Waals surface area contributed by atoms with Crippen molar-refractivity contribution in [3.05, 3.63) is 0 Å². The fraction of sp³-hybridized carbons (Fsp3) is 0.864. The molecule has 7 nitrogen and oxygen atoms in total. The molecule has 0 bridgehead atoms. The third kappa shape index (κ3) is 11.1. The highest BCUT2D eigenvalue weighted by Crippen LogP contribution is 2.10. The topological polar surface area (TPSA) is 77.0 Å². The Balaban J connectivity index is 2.17. The van der Waals surface area contributed by atoms with Crippen LogP contribution in [0.4, 0.5) is 0 Å². The van der Waals surface area contributed by atoms with Crippen LogP contribution >= 0.6 is 0 Å². The number of unbranched alkanes of at least 4 members (excludes halogenated alkanes) is 2. The molecule has 2 N–H and O–H groups in total. The maximum atomic E-state index is 12.4. The van der Waals surface area contributed by atoms with Gasteiger partial charge >= 0.3 is 0 Å². The summed E-state index contributed by atoms with van der Waals surface area (Å²) >= 11 is 0. The number of rotatable bonds is 11.